The SMILES string of the molecule is CS(=O)(=O)CS(=O)(=O)N1CCCCC1. The summed E-state index contributed by atoms with van der Waals surface area (Å²) in [4.78, 5) is 0. The van der Waals surface area contributed by atoms with Crippen molar-refractivity contribution in [1.29, 1.82) is 0 Å². The molecule has 0 unspecified atom stereocenters. The summed E-state index contributed by atoms with van der Waals surface area (Å²) in [6.07, 6.45) is 3.60. The lowest BCUT2D eigenvalue weighted by Gasteiger charge is -2.25. The van der Waals surface area contributed by atoms with Crippen LogP contribution in [0.5, 0.6) is 0 Å². The minimum Gasteiger partial charge on any atom is -0.228 e. The summed E-state index contributed by atoms with van der Waals surface area (Å²) < 4.78 is 46.1. The summed E-state index contributed by atoms with van der Waals surface area (Å²) in [6, 6.07) is 0. The molecule has 7 heteroatoms. The highest BCUT2D eigenvalue weighted by Crippen LogP contribution is 2.14. The molecule has 0 amide bonds. The van der Waals surface area contributed by atoms with Gasteiger partial charge in [0.2, 0.25) is 10.0 Å². The summed E-state index contributed by atoms with van der Waals surface area (Å²) in [7, 11) is -7.06. The van der Waals surface area contributed by atoms with Crippen LogP contribution in [0.4, 0.5) is 0 Å². The molecule has 5 nitrogen and oxygen atoms in total. The van der Waals surface area contributed by atoms with E-state index in [4.69, 9.17) is 0 Å². The lowest BCUT2D eigenvalue weighted by Crippen LogP contribution is -2.38. The Hall–Kier alpha value is -0.140. The molecule has 0 N–H and O–H groups in total. The van der Waals surface area contributed by atoms with Gasteiger partial charge in [0, 0.05) is 19.3 Å². The summed E-state index contributed by atoms with van der Waals surface area (Å²) in [5.41, 5.74) is 0. The van der Waals surface area contributed by atoms with Crippen LogP contribution in [0, 0.1) is 0 Å². The van der Waals surface area contributed by atoms with Crippen molar-refractivity contribution in [1.82, 2.24) is 4.31 Å². The Morgan fingerprint density at radius 2 is 1.50 bits per heavy atom. The molecular weight excluding hydrogens is 226 g/mol. The van der Waals surface area contributed by atoms with Gasteiger partial charge in [0.25, 0.3) is 0 Å². The molecule has 1 saturated heterocycles. The van der Waals surface area contributed by atoms with Crippen molar-refractivity contribution in [3.63, 3.8) is 0 Å². The standard InChI is InChI=1S/C7H15NO4S2/c1-13(9,10)7-14(11,12)8-5-3-2-4-6-8/h2-7H2,1H3. The smallest absolute Gasteiger partial charge is 0.228 e. The lowest BCUT2D eigenvalue weighted by molar-refractivity contribution is 0.348. The van der Waals surface area contributed by atoms with Crippen LogP contribution in [0.15, 0.2) is 0 Å². The normalized spacial score (nSPS) is 20.9. The Morgan fingerprint density at radius 1 is 1.00 bits per heavy atom. The van der Waals surface area contributed by atoms with E-state index in [2.05, 4.69) is 0 Å². The largest absolute Gasteiger partial charge is 0.228 e. The maximum absolute atomic E-state index is 11.5. The zero-order valence-corrected chi connectivity index (χ0v) is 9.77. The van der Waals surface area contributed by atoms with Gasteiger partial charge < -0.3 is 0 Å². The van der Waals surface area contributed by atoms with Gasteiger partial charge in [0.1, 0.15) is 0 Å². The highest BCUT2D eigenvalue weighted by Gasteiger charge is 2.27. The van der Waals surface area contributed by atoms with Gasteiger partial charge in [-0.15, -0.1) is 0 Å². The molecule has 0 atom stereocenters. The molecule has 1 rings (SSSR count). The first-order valence-corrected chi connectivity index (χ1v) is 8.14. The molecule has 1 fully saturated rings. The Labute approximate surface area is 85.1 Å². The molecule has 0 spiro atoms. The van der Waals surface area contributed by atoms with Crippen molar-refractivity contribution in [2.45, 2.75) is 19.3 Å². The Morgan fingerprint density at radius 3 is 1.93 bits per heavy atom. The van der Waals surface area contributed by atoms with Gasteiger partial charge in [-0.1, -0.05) is 6.42 Å². The molecule has 0 aliphatic carbocycles. The Balaban J connectivity index is 2.74. The van der Waals surface area contributed by atoms with E-state index in [1.807, 2.05) is 0 Å². The van der Waals surface area contributed by atoms with Crippen LogP contribution in [0.1, 0.15) is 19.3 Å². The van der Waals surface area contributed by atoms with Crippen molar-refractivity contribution in [2.75, 3.05) is 24.4 Å². The van der Waals surface area contributed by atoms with Gasteiger partial charge in [-0.25, -0.2) is 21.1 Å². The van der Waals surface area contributed by atoms with Crippen LogP contribution in [0.25, 0.3) is 0 Å². The number of hydrogen-bond acceptors (Lipinski definition) is 4. The zero-order valence-electron chi connectivity index (χ0n) is 8.14. The van der Waals surface area contributed by atoms with Crippen LogP contribution in [-0.4, -0.2) is 45.6 Å². The van der Waals surface area contributed by atoms with E-state index in [0.717, 1.165) is 25.5 Å². The Bertz CT molecular complexity index is 378. The molecule has 0 aromatic carbocycles. The van der Waals surface area contributed by atoms with Gasteiger partial charge in [0.15, 0.2) is 14.9 Å². The number of sulfonamides is 1. The topological polar surface area (TPSA) is 71.5 Å². The number of hydrogen-bond donors (Lipinski definition) is 0. The van der Waals surface area contributed by atoms with Gasteiger partial charge in [-0.2, -0.15) is 0 Å². The number of rotatable bonds is 3. The van der Waals surface area contributed by atoms with E-state index in [1.54, 1.807) is 0 Å². The monoisotopic (exact) mass is 241 g/mol. The van der Waals surface area contributed by atoms with E-state index in [9.17, 15) is 16.8 Å². The van der Waals surface area contributed by atoms with Gasteiger partial charge in [-0.3, -0.25) is 0 Å². The predicted molar refractivity (Wildman–Crippen MR) is 54.1 cm³/mol. The van der Waals surface area contributed by atoms with Gasteiger partial charge in [0.05, 0.1) is 0 Å². The molecule has 1 heterocycles. The fraction of sp³-hybridized carbons (Fsp3) is 1.00. The molecule has 0 radical (unpaired) electrons. The maximum atomic E-state index is 11.5. The van der Waals surface area contributed by atoms with E-state index in [1.165, 1.54) is 4.31 Å². The van der Waals surface area contributed by atoms with E-state index < -0.39 is 24.9 Å². The average Bonchev–Trinajstić information content (AvgIpc) is 2.01. The Kier molecular flexibility index (Phi) is 3.54. The molecule has 0 aromatic heterocycles. The molecule has 0 saturated carbocycles. The molecule has 1 aliphatic rings. The van der Waals surface area contributed by atoms with E-state index in [-0.39, 0.29) is 0 Å². The average molecular weight is 241 g/mol. The van der Waals surface area contributed by atoms with E-state index in [0.29, 0.717) is 13.1 Å². The second-order valence-electron chi connectivity index (χ2n) is 3.62. The zero-order chi connectivity index (χ0) is 10.8. The van der Waals surface area contributed by atoms with Crippen molar-refractivity contribution in [3.8, 4) is 0 Å². The number of nitrogens with zero attached hydrogens (tertiary/aromatic N) is 1. The van der Waals surface area contributed by atoms with Crippen LogP contribution < -0.4 is 0 Å². The molecular formula is C7H15NO4S2. The van der Waals surface area contributed by atoms with Crippen molar-refractivity contribution in [2.24, 2.45) is 0 Å². The highest BCUT2D eigenvalue weighted by molar-refractivity contribution is 8.06. The first kappa shape index (κ1) is 11.9. The van der Waals surface area contributed by atoms with Crippen molar-refractivity contribution in [3.05, 3.63) is 0 Å². The second kappa shape index (κ2) is 4.16. The fourth-order valence-electron chi connectivity index (χ4n) is 1.49. The van der Waals surface area contributed by atoms with Crippen LogP contribution in [0.2, 0.25) is 0 Å². The molecule has 0 aromatic rings. The second-order valence-corrected chi connectivity index (χ2v) is 8.09. The third-order valence-corrected chi connectivity index (χ3v) is 6.13. The molecule has 1 aliphatic heterocycles. The van der Waals surface area contributed by atoms with Crippen molar-refractivity contribution >= 4 is 19.9 Å². The van der Waals surface area contributed by atoms with Gasteiger partial charge >= 0.3 is 0 Å². The third-order valence-electron chi connectivity index (χ3n) is 2.07. The lowest BCUT2D eigenvalue weighted by atomic mass is 10.2. The van der Waals surface area contributed by atoms with E-state index >= 15 is 0 Å². The summed E-state index contributed by atoms with van der Waals surface area (Å²) in [5, 5.41) is -0.764. The fourth-order valence-corrected chi connectivity index (χ4v) is 5.06. The number of piperidine rings is 1. The van der Waals surface area contributed by atoms with Crippen LogP contribution in [0.3, 0.4) is 0 Å². The van der Waals surface area contributed by atoms with Crippen molar-refractivity contribution < 1.29 is 16.8 Å². The summed E-state index contributed by atoms with van der Waals surface area (Å²) >= 11 is 0. The molecule has 84 valence electrons. The minimum atomic E-state index is -3.60. The minimum absolute atomic E-state index is 0.456. The van der Waals surface area contributed by atoms with Crippen LogP contribution in [-0.2, 0) is 19.9 Å². The first-order valence-electron chi connectivity index (χ1n) is 4.47. The van der Waals surface area contributed by atoms with Gasteiger partial charge in [-0.05, 0) is 12.8 Å². The maximum Gasteiger partial charge on any atom is 0.228 e. The first-order chi connectivity index (χ1) is 6.31. The molecule has 0 bridgehead atoms. The summed E-state index contributed by atoms with van der Waals surface area (Å²) in [5.74, 6) is 0. The highest BCUT2D eigenvalue weighted by atomic mass is 32.3. The predicted octanol–water partition coefficient (Wildman–Crippen LogP) is -0.196. The molecule has 14 heavy (non-hydrogen) atoms. The third kappa shape index (κ3) is 3.55. The number of sulfone groups is 1. The van der Waals surface area contributed by atoms with Crippen LogP contribution >= 0.6 is 0 Å². The quantitative estimate of drug-likeness (QED) is 0.686. The summed E-state index contributed by atoms with van der Waals surface area (Å²) in [6.45, 7) is 0.912.